The molecule has 1 aliphatic heterocycles. The predicted molar refractivity (Wildman–Crippen MR) is 117 cm³/mol. The van der Waals surface area contributed by atoms with Crippen LogP contribution in [-0.2, 0) is 27.4 Å². The van der Waals surface area contributed by atoms with Gasteiger partial charge in [0.15, 0.2) is 0 Å². The zero-order valence-electron chi connectivity index (χ0n) is 17.4. The van der Waals surface area contributed by atoms with Crippen molar-refractivity contribution in [2.24, 2.45) is 5.92 Å². The van der Waals surface area contributed by atoms with Gasteiger partial charge in [0.25, 0.3) is 0 Å². The van der Waals surface area contributed by atoms with Crippen LogP contribution in [0.4, 0.5) is 5.69 Å². The van der Waals surface area contributed by atoms with Gasteiger partial charge >= 0.3 is 0 Å². The van der Waals surface area contributed by atoms with E-state index in [1.165, 1.54) is 5.56 Å². The topological polar surface area (TPSA) is 63.6 Å². The molecule has 2 amide bonds. The highest BCUT2D eigenvalue weighted by Gasteiger charge is 2.34. The van der Waals surface area contributed by atoms with E-state index < -0.39 is 0 Å². The molecule has 30 heavy (non-hydrogen) atoms. The Hall–Kier alpha value is -3.12. The van der Waals surface area contributed by atoms with Gasteiger partial charge in [-0.25, -0.2) is 0 Å². The summed E-state index contributed by atoms with van der Waals surface area (Å²) in [5.74, 6) is -0.403. The Morgan fingerprint density at radius 1 is 1.17 bits per heavy atom. The first kappa shape index (κ1) is 20.2. The largest absolute Gasteiger partial charge is 0.383 e. The van der Waals surface area contributed by atoms with Gasteiger partial charge in [0, 0.05) is 56.0 Å². The molecule has 0 saturated carbocycles. The van der Waals surface area contributed by atoms with Gasteiger partial charge < -0.3 is 19.5 Å². The summed E-state index contributed by atoms with van der Waals surface area (Å²) < 4.78 is 7.28. The zero-order chi connectivity index (χ0) is 21.1. The number of ether oxygens (including phenoxy) is 1. The van der Waals surface area contributed by atoms with E-state index in [2.05, 4.69) is 9.88 Å². The highest BCUT2D eigenvalue weighted by Crippen LogP contribution is 2.24. The van der Waals surface area contributed by atoms with Crippen molar-refractivity contribution < 1.29 is 14.3 Å². The lowest BCUT2D eigenvalue weighted by Gasteiger charge is -2.17. The highest BCUT2D eigenvalue weighted by molar-refractivity contribution is 5.98. The first-order valence-corrected chi connectivity index (χ1v) is 10.3. The SMILES string of the molecule is COCCn1ccc2cc(NC(=O)C3CC(=O)N(Cc4ccc(C)cc4)C3)ccc21. The Balaban J connectivity index is 1.39. The van der Waals surface area contributed by atoms with E-state index in [1.807, 2.05) is 61.7 Å². The van der Waals surface area contributed by atoms with Crippen molar-refractivity contribution in [2.75, 3.05) is 25.6 Å². The number of rotatable bonds is 7. The van der Waals surface area contributed by atoms with Crippen LogP contribution in [0, 0.1) is 12.8 Å². The number of fused-ring (bicyclic) bond motifs is 1. The second-order valence-electron chi connectivity index (χ2n) is 7.93. The van der Waals surface area contributed by atoms with E-state index in [9.17, 15) is 9.59 Å². The molecule has 1 atom stereocenters. The number of benzene rings is 2. The van der Waals surface area contributed by atoms with Gasteiger partial charge in [0.05, 0.1) is 12.5 Å². The summed E-state index contributed by atoms with van der Waals surface area (Å²) >= 11 is 0. The van der Waals surface area contributed by atoms with Gasteiger partial charge in [-0.3, -0.25) is 9.59 Å². The van der Waals surface area contributed by atoms with E-state index in [1.54, 1.807) is 12.0 Å². The maximum absolute atomic E-state index is 12.8. The molecular weight excluding hydrogens is 378 g/mol. The minimum atomic E-state index is -0.329. The van der Waals surface area contributed by atoms with Crippen molar-refractivity contribution in [1.29, 1.82) is 0 Å². The minimum Gasteiger partial charge on any atom is -0.383 e. The number of likely N-dealkylation sites (tertiary alicyclic amines) is 1. The van der Waals surface area contributed by atoms with Crippen LogP contribution in [0.5, 0.6) is 0 Å². The van der Waals surface area contributed by atoms with E-state index in [0.717, 1.165) is 28.7 Å². The number of anilines is 1. The Morgan fingerprint density at radius 3 is 2.73 bits per heavy atom. The van der Waals surface area contributed by atoms with E-state index in [4.69, 9.17) is 4.74 Å². The summed E-state index contributed by atoms with van der Waals surface area (Å²) in [6.45, 7) is 4.47. The van der Waals surface area contributed by atoms with Crippen LogP contribution < -0.4 is 5.32 Å². The maximum Gasteiger partial charge on any atom is 0.229 e. The summed E-state index contributed by atoms with van der Waals surface area (Å²) in [6, 6.07) is 16.1. The average Bonchev–Trinajstić information content (AvgIpc) is 3.31. The molecule has 2 aromatic carbocycles. The highest BCUT2D eigenvalue weighted by atomic mass is 16.5. The average molecular weight is 405 g/mol. The third kappa shape index (κ3) is 4.39. The number of amides is 2. The molecule has 3 aromatic rings. The standard InChI is InChI=1S/C24H27N3O3/c1-17-3-5-18(6-4-17)15-27-16-20(14-23(27)28)24(29)25-21-7-8-22-19(13-21)9-10-26(22)11-12-30-2/h3-10,13,20H,11-12,14-16H2,1-2H3,(H,25,29). The van der Waals surface area contributed by atoms with Crippen LogP contribution in [0.1, 0.15) is 17.5 Å². The van der Waals surface area contributed by atoms with Gasteiger partial charge in [0.1, 0.15) is 0 Å². The van der Waals surface area contributed by atoms with Gasteiger partial charge in [-0.1, -0.05) is 29.8 Å². The number of aromatic nitrogens is 1. The van der Waals surface area contributed by atoms with E-state index in [0.29, 0.717) is 19.7 Å². The summed E-state index contributed by atoms with van der Waals surface area (Å²) in [5, 5.41) is 4.05. The monoisotopic (exact) mass is 405 g/mol. The first-order valence-electron chi connectivity index (χ1n) is 10.3. The Labute approximate surface area is 176 Å². The normalized spacial score (nSPS) is 16.4. The number of methoxy groups -OCH3 is 1. The third-order valence-corrected chi connectivity index (χ3v) is 5.65. The number of nitrogens with zero attached hydrogens (tertiary/aromatic N) is 2. The quantitative estimate of drug-likeness (QED) is 0.653. The second-order valence-corrected chi connectivity index (χ2v) is 7.93. The lowest BCUT2D eigenvalue weighted by Crippen LogP contribution is -2.28. The number of nitrogens with one attached hydrogen (secondary N) is 1. The van der Waals surface area contributed by atoms with Crippen molar-refractivity contribution in [2.45, 2.75) is 26.4 Å². The van der Waals surface area contributed by atoms with E-state index >= 15 is 0 Å². The van der Waals surface area contributed by atoms with Gasteiger partial charge in [-0.15, -0.1) is 0 Å². The molecule has 1 aliphatic rings. The first-order chi connectivity index (χ1) is 14.5. The van der Waals surface area contributed by atoms with Crippen LogP contribution in [0.25, 0.3) is 10.9 Å². The molecule has 1 unspecified atom stereocenters. The zero-order valence-corrected chi connectivity index (χ0v) is 17.4. The predicted octanol–water partition coefficient (Wildman–Crippen LogP) is 3.58. The number of carbonyl (C=O) groups excluding carboxylic acids is 2. The van der Waals surface area contributed by atoms with Gasteiger partial charge in [0.2, 0.25) is 11.8 Å². The van der Waals surface area contributed by atoms with Crippen LogP contribution in [0.2, 0.25) is 0 Å². The van der Waals surface area contributed by atoms with Crippen LogP contribution in [-0.4, -0.2) is 41.5 Å². The lowest BCUT2D eigenvalue weighted by molar-refractivity contribution is -0.128. The van der Waals surface area contributed by atoms with E-state index in [-0.39, 0.29) is 24.2 Å². The van der Waals surface area contributed by atoms with Crippen LogP contribution >= 0.6 is 0 Å². The Bertz CT molecular complexity index is 1060. The number of hydrogen-bond donors (Lipinski definition) is 1. The molecule has 0 radical (unpaired) electrons. The van der Waals surface area contributed by atoms with Crippen molar-refractivity contribution in [3.05, 3.63) is 65.9 Å². The second kappa shape index (κ2) is 8.71. The van der Waals surface area contributed by atoms with Crippen LogP contribution in [0.15, 0.2) is 54.7 Å². The molecule has 6 heteroatoms. The summed E-state index contributed by atoms with van der Waals surface area (Å²) in [4.78, 5) is 27.0. The fraction of sp³-hybridized carbons (Fsp3) is 0.333. The smallest absolute Gasteiger partial charge is 0.229 e. The Morgan fingerprint density at radius 2 is 1.97 bits per heavy atom. The number of aryl methyl sites for hydroxylation is 1. The van der Waals surface area contributed by atoms with Crippen molar-refractivity contribution in [3.8, 4) is 0 Å². The molecule has 0 spiro atoms. The molecule has 0 bridgehead atoms. The number of hydrogen-bond acceptors (Lipinski definition) is 3. The van der Waals surface area contributed by atoms with Crippen molar-refractivity contribution in [3.63, 3.8) is 0 Å². The van der Waals surface area contributed by atoms with Crippen molar-refractivity contribution in [1.82, 2.24) is 9.47 Å². The molecule has 0 aliphatic carbocycles. The lowest BCUT2D eigenvalue weighted by atomic mass is 10.1. The van der Waals surface area contributed by atoms with Gasteiger partial charge in [-0.05, 0) is 36.8 Å². The minimum absolute atomic E-state index is 0.0291. The van der Waals surface area contributed by atoms with Gasteiger partial charge in [-0.2, -0.15) is 0 Å². The molecule has 1 fully saturated rings. The molecule has 1 N–H and O–H groups in total. The molecule has 2 heterocycles. The summed E-state index contributed by atoms with van der Waals surface area (Å²) in [6.07, 6.45) is 2.28. The summed E-state index contributed by atoms with van der Waals surface area (Å²) in [5.41, 5.74) is 4.12. The molecule has 6 nitrogen and oxygen atoms in total. The molecular formula is C24H27N3O3. The van der Waals surface area contributed by atoms with Crippen molar-refractivity contribution >= 4 is 28.4 Å². The summed E-state index contributed by atoms with van der Waals surface area (Å²) in [7, 11) is 1.69. The third-order valence-electron chi connectivity index (χ3n) is 5.65. The van der Waals surface area contributed by atoms with Crippen LogP contribution in [0.3, 0.4) is 0 Å². The molecule has 4 rings (SSSR count). The molecule has 1 aromatic heterocycles. The molecule has 1 saturated heterocycles. The fourth-order valence-corrected chi connectivity index (χ4v) is 3.92. The Kier molecular flexibility index (Phi) is 5.86. The molecule has 156 valence electrons. The number of carbonyl (C=O) groups is 2. The maximum atomic E-state index is 12.8. The fourth-order valence-electron chi connectivity index (χ4n) is 3.92.